The van der Waals surface area contributed by atoms with Crippen molar-refractivity contribution < 1.29 is 4.79 Å². The molecule has 0 unspecified atom stereocenters. The van der Waals surface area contributed by atoms with Crippen LogP contribution >= 0.6 is 0 Å². The van der Waals surface area contributed by atoms with Gasteiger partial charge in [0.2, 0.25) is 0 Å². The average molecular weight is 186 g/mol. The number of hydrogen-bond acceptors (Lipinski definition) is 1. The summed E-state index contributed by atoms with van der Waals surface area (Å²) in [7, 11) is 0. The first-order valence-electron chi connectivity index (χ1n) is 4.74. The van der Waals surface area contributed by atoms with Crippen LogP contribution in [0.25, 0.3) is 11.8 Å². The number of allylic oxidation sites excluding steroid dienone is 1. The number of carbonyl (C=O) groups excluding carboxylic acids is 1. The maximum Gasteiger partial charge on any atom is 0.257 e. The number of rotatable bonds is 0. The third kappa shape index (κ3) is 0.894. The molecule has 0 spiro atoms. The predicted molar refractivity (Wildman–Crippen MR) is 54.2 cm³/mol. The zero-order chi connectivity index (χ0) is 9.54. The molecular formula is C11H10N2O. The van der Waals surface area contributed by atoms with E-state index in [9.17, 15) is 4.79 Å². The second-order valence-electron chi connectivity index (χ2n) is 3.54. The molecule has 0 aromatic carbocycles. The summed E-state index contributed by atoms with van der Waals surface area (Å²) in [4.78, 5) is 11.6. The van der Waals surface area contributed by atoms with Crippen LogP contribution in [0.4, 0.5) is 0 Å². The Morgan fingerprint density at radius 3 is 3.29 bits per heavy atom. The first-order chi connectivity index (χ1) is 6.86. The smallest absolute Gasteiger partial charge is 0.257 e. The highest BCUT2D eigenvalue weighted by Gasteiger charge is 2.22. The molecule has 0 radical (unpaired) electrons. The zero-order valence-electron chi connectivity index (χ0n) is 7.66. The van der Waals surface area contributed by atoms with Crippen molar-refractivity contribution >= 4 is 17.7 Å². The van der Waals surface area contributed by atoms with E-state index in [1.165, 1.54) is 5.56 Å². The van der Waals surface area contributed by atoms with Crippen molar-refractivity contribution in [3.05, 3.63) is 35.8 Å². The van der Waals surface area contributed by atoms with Crippen molar-refractivity contribution in [3.8, 4) is 0 Å². The Morgan fingerprint density at radius 2 is 2.36 bits per heavy atom. The molecule has 2 aliphatic rings. The summed E-state index contributed by atoms with van der Waals surface area (Å²) in [6.07, 6.45) is 9.57. The van der Waals surface area contributed by atoms with Gasteiger partial charge in [0.05, 0.1) is 11.3 Å². The number of amides is 1. The van der Waals surface area contributed by atoms with Crippen LogP contribution < -0.4 is 5.32 Å². The molecule has 0 saturated heterocycles. The average Bonchev–Trinajstić information content (AvgIpc) is 2.53. The molecule has 0 bridgehead atoms. The van der Waals surface area contributed by atoms with E-state index in [-0.39, 0.29) is 5.91 Å². The molecule has 1 aromatic heterocycles. The molecule has 3 nitrogen and oxygen atoms in total. The SMILES string of the molecule is O=C1NC=Cn2ccc3c2C1=CCC3. The predicted octanol–water partition coefficient (Wildman–Crippen LogP) is 1.38. The van der Waals surface area contributed by atoms with E-state index < -0.39 is 0 Å². The number of aryl methyl sites for hydroxylation is 1. The van der Waals surface area contributed by atoms with E-state index in [0.29, 0.717) is 0 Å². The van der Waals surface area contributed by atoms with Gasteiger partial charge in [0.25, 0.3) is 5.91 Å². The van der Waals surface area contributed by atoms with E-state index in [2.05, 4.69) is 11.4 Å². The van der Waals surface area contributed by atoms with Crippen molar-refractivity contribution in [2.45, 2.75) is 12.8 Å². The van der Waals surface area contributed by atoms with Gasteiger partial charge in [0, 0.05) is 18.6 Å². The molecule has 3 heteroatoms. The Hall–Kier alpha value is -1.77. The quantitative estimate of drug-likeness (QED) is 0.652. The molecule has 1 aromatic rings. The minimum absolute atomic E-state index is 0.000324. The summed E-state index contributed by atoms with van der Waals surface area (Å²) < 4.78 is 2.00. The third-order valence-electron chi connectivity index (χ3n) is 2.71. The lowest BCUT2D eigenvalue weighted by Crippen LogP contribution is -2.19. The van der Waals surface area contributed by atoms with E-state index in [0.717, 1.165) is 24.1 Å². The molecule has 1 amide bonds. The molecule has 1 N–H and O–H groups in total. The minimum atomic E-state index is -0.000324. The highest BCUT2D eigenvalue weighted by molar-refractivity contribution is 6.20. The number of carbonyl (C=O) groups is 1. The van der Waals surface area contributed by atoms with Crippen molar-refractivity contribution in [2.75, 3.05) is 0 Å². The van der Waals surface area contributed by atoms with Gasteiger partial charge in [0.1, 0.15) is 0 Å². The Morgan fingerprint density at radius 1 is 1.43 bits per heavy atom. The summed E-state index contributed by atoms with van der Waals surface area (Å²) in [6, 6.07) is 2.09. The fourth-order valence-electron chi connectivity index (χ4n) is 2.07. The van der Waals surface area contributed by atoms with Crippen LogP contribution in [0.5, 0.6) is 0 Å². The normalized spacial score (nSPS) is 18.3. The van der Waals surface area contributed by atoms with Gasteiger partial charge in [-0.3, -0.25) is 4.79 Å². The Kier molecular flexibility index (Phi) is 1.42. The second-order valence-corrected chi connectivity index (χ2v) is 3.54. The van der Waals surface area contributed by atoms with E-state index in [1.807, 2.05) is 23.0 Å². The molecule has 0 fully saturated rings. The van der Waals surface area contributed by atoms with Crippen molar-refractivity contribution in [2.24, 2.45) is 0 Å². The number of nitrogens with zero attached hydrogens (tertiary/aromatic N) is 1. The van der Waals surface area contributed by atoms with Crippen molar-refractivity contribution in [1.82, 2.24) is 9.88 Å². The standard InChI is InChI=1S/C11H10N2O/c14-11-9-3-1-2-8-4-6-13(10(8)9)7-5-12-11/h3-7H,1-2H2,(H,12,14). The number of hydrogen-bond donors (Lipinski definition) is 1. The summed E-state index contributed by atoms with van der Waals surface area (Å²) in [6.45, 7) is 0. The van der Waals surface area contributed by atoms with Gasteiger partial charge in [-0.25, -0.2) is 0 Å². The van der Waals surface area contributed by atoms with E-state index in [4.69, 9.17) is 0 Å². The monoisotopic (exact) mass is 186 g/mol. The lowest BCUT2D eigenvalue weighted by atomic mass is 9.97. The number of aromatic nitrogens is 1. The molecule has 70 valence electrons. The summed E-state index contributed by atoms with van der Waals surface area (Å²) in [5.74, 6) is -0.000324. The lowest BCUT2D eigenvalue weighted by molar-refractivity contribution is -0.114. The van der Waals surface area contributed by atoms with Crippen LogP contribution in [0.2, 0.25) is 0 Å². The molecular weight excluding hydrogens is 176 g/mol. The Bertz CT molecular complexity index is 466. The first-order valence-corrected chi connectivity index (χ1v) is 4.74. The number of nitrogens with one attached hydrogen (secondary N) is 1. The molecule has 0 saturated carbocycles. The first kappa shape index (κ1) is 7.62. The van der Waals surface area contributed by atoms with Gasteiger partial charge in [-0.1, -0.05) is 6.08 Å². The minimum Gasteiger partial charge on any atom is -0.327 e. The second kappa shape index (κ2) is 2.61. The van der Waals surface area contributed by atoms with Crippen LogP contribution in [0.3, 0.4) is 0 Å². The van der Waals surface area contributed by atoms with E-state index >= 15 is 0 Å². The zero-order valence-corrected chi connectivity index (χ0v) is 7.66. The molecule has 2 heterocycles. The highest BCUT2D eigenvalue weighted by atomic mass is 16.1. The van der Waals surface area contributed by atoms with Crippen molar-refractivity contribution in [1.29, 1.82) is 0 Å². The van der Waals surface area contributed by atoms with E-state index in [1.54, 1.807) is 6.20 Å². The molecule has 3 rings (SSSR count). The molecule has 1 aliphatic heterocycles. The maximum absolute atomic E-state index is 11.6. The van der Waals surface area contributed by atoms with Gasteiger partial charge >= 0.3 is 0 Å². The third-order valence-corrected chi connectivity index (χ3v) is 2.71. The van der Waals surface area contributed by atoms with Gasteiger partial charge in [-0.15, -0.1) is 0 Å². The fraction of sp³-hybridized carbons (Fsp3) is 0.182. The summed E-state index contributed by atoms with van der Waals surface area (Å²) in [5, 5.41) is 2.73. The van der Waals surface area contributed by atoms with Crippen LogP contribution in [0, 0.1) is 0 Å². The summed E-state index contributed by atoms with van der Waals surface area (Å²) >= 11 is 0. The Balaban J connectivity index is 2.30. The topological polar surface area (TPSA) is 34.0 Å². The Labute approximate surface area is 81.7 Å². The molecule has 0 atom stereocenters. The highest BCUT2D eigenvalue weighted by Crippen LogP contribution is 2.28. The maximum atomic E-state index is 11.6. The van der Waals surface area contributed by atoms with Crippen LogP contribution in [0.15, 0.2) is 24.5 Å². The van der Waals surface area contributed by atoms with Gasteiger partial charge in [-0.2, -0.15) is 0 Å². The summed E-state index contributed by atoms with van der Waals surface area (Å²) in [5.41, 5.74) is 3.13. The lowest BCUT2D eigenvalue weighted by Gasteiger charge is -2.12. The van der Waals surface area contributed by atoms with Crippen LogP contribution in [-0.2, 0) is 11.2 Å². The van der Waals surface area contributed by atoms with Gasteiger partial charge < -0.3 is 9.88 Å². The van der Waals surface area contributed by atoms with Crippen LogP contribution in [-0.4, -0.2) is 10.5 Å². The van der Waals surface area contributed by atoms with Crippen LogP contribution in [0.1, 0.15) is 17.7 Å². The molecule has 1 aliphatic carbocycles. The largest absolute Gasteiger partial charge is 0.327 e. The fourth-order valence-corrected chi connectivity index (χ4v) is 2.07. The van der Waals surface area contributed by atoms with Gasteiger partial charge in [0.15, 0.2) is 0 Å². The van der Waals surface area contributed by atoms with Crippen molar-refractivity contribution in [3.63, 3.8) is 0 Å². The van der Waals surface area contributed by atoms with Gasteiger partial charge in [-0.05, 0) is 24.5 Å². The molecule has 14 heavy (non-hydrogen) atoms.